The molecule has 0 amide bonds. The number of rotatable bonds is 1. The summed E-state index contributed by atoms with van der Waals surface area (Å²) in [5, 5.41) is 8.81. The summed E-state index contributed by atoms with van der Waals surface area (Å²) in [5.74, 6) is 0. The maximum atomic E-state index is 13.3. The molecule has 2 rings (SSSR count). The van der Waals surface area contributed by atoms with E-state index in [1.54, 1.807) is 0 Å². The van der Waals surface area contributed by atoms with E-state index < -0.39 is 46.0 Å². The number of halogens is 6. The Morgan fingerprint density at radius 1 is 0.833 bits per heavy atom. The molecule has 0 radical (unpaired) electrons. The van der Waals surface area contributed by atoms with Crippen LogP contribution in [0.1, 0.15) is 11.1 Å². The van der Waals surface area contributed by atoms with Crippen molar-refractivity contribution in [1.29, 1.82) is 5.39 Å². The molecule has 24 heavy (non-hydrogen) atoms. The molecule has 0 heterocycles. The van der Waals surface area contributed by atoms with E-state index >= 15 is 0 Å². The molecule has 10 heteroatoms. The van der Waals surface area contributed by atoms with Gasteiger partial charge in [-0.3, -0.25) is 0 Å². The van der Waals surface area contributed by atoms with E-state index in [0.29, 0.717) is 6.07 Å². The quantitative estimate of drug-likeness (QED) is 0.431. The van der Waals surface area contributed by atoms with E-state index in [2.05, 4.69) is 4.98 Å². The number of benzene rings is 2. The van der Waals surface area contributed by atoms with E-state index in [1.165, 1.54) is 0 Å². The maximum Gasteiger partial charge on any atom is 0.424 e. The van der Waals surface area contributed by atoms with Crippen molar-refractivity contribution in [3.05, 3.63) is 46.4 Å². The van der Waals surface area contributed by atoms with Crippen LogP contribution in [-0.2, 0) is 12.4 Å². The van der Waals surface area contributed by atoms with Crippen molar-refractivity contribution in [2.45, 2.75) is 12.4 Å². The molecule has 4 N–H and O–H groups in total. The Balaban J connectivity index is 2.93. The molecule has 0 unspecified atom stereocenters. The van der Waals surface area contributed by atoms with E-state index in [-0.39, 0.29) is 5.69 Å². The summed E-state index contributed by atoms with van der Waals surface area (Å²) in [5.41, 5.74) is 4.30. The van der Waals surface area contributed by atoms with Gasteiger partial charge in [0.15, 0.2) is 10.5 Å². The molecule has 0 aliphatic rings. The van der Waals surface area contributed by atoms with E-state index in [0.717, 1.165) is 24.3 Å². The van der Waals surface area contributed by atoms with Gasteiger partial charge < -0.3 is 11.5 Å². The SMILES string of the molecule is N#[N+]c1c(N)ccc(-c2ccc(N)cc2C(F)(F)F)c1C(F)(F)F. The van der Waals surface area contributed by atoms with Gasteiger partial charge in [0.1, 0.15) is 5.69 Å². The summed E-state index contributed by atoms with van der Waals surface area (Å²) in [6, 6.07) is 4.10. The van der Waals surface area contributed by atoms with Gasteiger partial charge in [-0.2, -0.15) is 26.3 Å². The fourth-order valence-corrected chi connectivity index (χ4v) is 2.26. The van der Waals surface area contributed by atoms with Crippen molar-refractivity contribution in [3.63, 3.8) is 0 Å². The molecule has 0 saturated carbocycles. The van der Waals surface area contributed by atoms with Crippen LogP contribution >= 0.6 is 0 Å². The zero-order valence-corrected chi connectivity index (χ0v) is 11.7. The molecule has 2 aromatic rings. The van der Waals surface area contributed by atoms with Crippen molar-refractivity contribution in [1.82, 2.24) is 0 Å². The van der Waals surface area contributed by atoms with Gasteiger partial charge in [0.25, 0.3) is 0 Å². The molecule has 0 aliphatic heterocycles. The molecular formula is C14H9F6N4+. The highest BCUT2D eigenvalue weighted by molar-refractivity contribution is 5.84. The van der Waals surface area contributed by atoms with Crippen LogP contribution in [0.3, 0.4) is 0 Å². The zero-order chi connectivity index (χ0) is 18.3. The first-order valence-electron chi connectivity index (χ1n) is 6.28. The van der Waals surface area contributed by atoms with Crippen molar-refractivity contribution in [3.8, 4) is 11.1 Å². The third kappa shape index (κ3) is 3.05. The molecule has 0 spiro atoms. The van der Waals surface area contributed by atoms with Crippen molar-refractivity contribution >= 4 is 17.1 Å². The van der Waals surface area contributed by atoms with Crippen LogP contribution in [0.2, 0.25) is 0 Å². The second-order valence-corrected chi connectivity index (χ2v) is 4.83. The zero-order valence-electron chi connectivity index (χ0n) is 11.7. The first-order chi connectivity index (χ1) is 11.0. The Hall–Kier alpha value is -2.96. The normalized spacial score (nSPS) is 12.0. The van der Waals surface area contributed by atoms with E-state index in [1.807, 2.05) is 0 Å². The minimum atomic E-state index is -5.10. The number of diazo groups is 1. The minimum absolute atomic E-state index is 0.262. The van der Waals surface area contributed by atoms with Crippen LogP contribution in [-0.4, -0.2) is 0 Å². The van der Waals surface area contributed by atoms with Gasteiger partial charge in [-0.15, -0.1) is 0 Å². The van der Waals surface area contributed by atoms with Gasteiger partial charge in [-0.25, -0.2) is 0 Å². The molecule has 4 nitrogen and oxygen atoms in total. The lowest BCUT2D eigenvalue weighted by molar-refractivity contribution is -0.139. The largest absolute Gasteiger partial charge is 0.424 e. The molecule has 2 aromatic carbocycles. The Kier molecular flexibility index (Phi) is 4.05. The smallest absolute Gasteiger partial charge is 0.399 e. The predicted molar refractivity (Wildman–Crippen MR) is 75.5 cm³/mol. The highest BCUT2D eigenvalue weighted by Crippen LogP contribution is 2.48. The van der Waals surface area contributed by atoms with Gasteiger partial charge in [0.2, 0.25) is 5.39 Å². The average molecular weight is 347 g/mol. The van der Waals surface area contributed by atoms with Gasteiger partial charge in [-0.05, 0) is 23.8 Å². The summed E-state index contributed by atoms with van der Waals surface area (Å²) in [4.78, 5) is 2.48. The molecule has 0 aliphatic carbocycles. The maximum absolute atomic E-state index is 13.3. The van der Waals surface area contributed by atoms with Gasteiger partial charge in [0.05, 0.1) is 5.56 Å². The second kappa shape index (κ2) is 5.59. The second-order valence-electron chi connectivity index (χ2n) is 4.83. The highest BCUT2D eigenvalue weighted by Gasteiger charge is 2.45. The number of hydrogen-bond acceptors (Lipinski definition) is 3. The summed E-state index contributed by atoms with van der Waals surface area (Å²) in [6.07, 6.45) is -10.0. The Morgan fingerprint density at radius 2 is 1.42 bits per heavy atom. The topological polar surface area (TPSA) is 80.2 Å². The average Bonchev–Trinajstić information content (AvgIpc) is 2.45. The molecule has 126 valence electrons. The Bertz CT molecular complexity index is 833. The number of nitrogen functional groups attached to an aromatic ring is 2. The summed E-state index contributed by atoms with van der Waals surface area (Å²) >= 11 is 0. The Morgan fingerprint density at radius 3 is 1.92 bits per heavy atom. The van der Waals surface area contributed by atoms with Gasteiger partial charge in [-0.1, -0.05) is 12.1 Å². The Labute approximate surface area is 131 Å². The molecule has 0 saturated heterocycles. The molecule has 0 aromatic heterocycles. The monoisotopic (exact) mass is 347 g/mol. The first kappa shape index (κ1) is 17.4. The number of hydrogen-bond donors (Lipinski definition) is 2. The standard InChI is InChI=1S/C14H8F6N4/c15-13(16,17)9-5-6(21)1-2-7(9)8-3-4-10(22)12(24-23)11(8)14(18,19)20/h1-5,21-23H/p+1. The van der Waals surface area contributed by atoms with Crippen LogP contribution < -0.4 is 11.5 Å². The van der Waals surface area contributed by atoms with Crippen LogP contribution in [0, 0.1) is 5.39 Å². The number of nitrogens with two attached hydrogens (primary N) is 2. The third-order valence-electron chi connectivity index (χ3n) is 3.23. The highest BCUT2D eigenvalue weighted by atomic mass is 19.4. The van der Waals surface area contributed by atoms with Gasteiger partial charge in [0, 0.05) is 11.3 Å². The fourth-order valence-electron chi connectivity index (χ4n) is 2.26. The van der Waals surface area contributed by atoms with E-state index in [9.17, 15) is 26.3 Å². The van der Waals surface area contributed by atoms with Crippen LogP contribution in [0.4, 0.5) is 43.4 Å². The summed E-state index contributed by atoms with van der Waals surface area (Å²) < 4.78 is 79.5. The number of nitrogens with zero attached hydrogens (tertiary/aromatic N) is 2. The summed E-state index contributed by atoms with van der Waals surface area (Å²) in [7, 11) is 0. The van der Waals surface area contributed by atoms with Crippen LogP contribution in [0.15, 0.2) is 30.3 Å². The predicted octanol–water partition coefficient (Wildman–Crippen LogP) is 5.04. The van der Waals surface area contributed by atoms with Crippen LogP contribution in [0.5, 0.6) is 0 Å². The van der Waals surface area contributed by atoms with Crippen molar-refractivity contribution in [2.24, 2.45) is 0 Å². The summed E-state index contributed by atoms with van der Waals surface area (Å²) in [6.45, 7) is 0. The third-order valence-corrected chi connectivity index (χ3v) is 3.23. The van der Waals surface area contributed by atoms with E-state index in [4.69, 9.17) is 16.9 Å². The lowest BCUT2D eigenvalue weighted by Crippen LogP contribution is -2.12. The lowest BCUT2D eigenvalue weighted by atomic mass is 9.92. The minimum Gasteiger partial charge on any atom is -0.399 e. The molecular weight excluding hydrogens is 338 g/mol. The molecule has 0 bridgehead atoms. The molecule has 0 atom stereocenters. The number of alkyl halides is 6. The van der Waals surface area contributed by atoms with Crippen molar-refractivity contribution in [2.75, 3.05) is 11.5 Å². The number of anilines is 2. The first-order valence-corrected chi connectivity index (χ1v) is 6.28. The fraction of sp³-hybridized carbons (Fsp3) is 0.143. The van der Waals surface area contributed by atoms with Crippen molar-refractivity contribution < 1.29 is 26.3 Å². The van der Waals surface area contributed by atoms with Crippen LogP contribution in [0.25, 0.3) is 16.1 Å². The lowest BCUT2D eigenvalue weighted by Gasteiger charge is -2.17. The molecule has 0 fully saturated rings. The van der Waals surface area contributed by atoms with Gasteiger partial charge >= 0.3 is 18.0 Å².